The van der Waals surface area contributed by atoms with E-state index >= 15 is 0 Å². The first-order chi connectivity index (χ1) is 15.2. The Labute approximate surface area is 179 Å². The van der Waals surface area contributed by atoms with Crippen LogP contribution in [0, 0.1) is 0 Å². The molecule has 2 aromatic heterocycles. The molecule has 1 fully saturated rings. The van der Waals surface area contributed by atoms with Gasteiger partial charge in [-0.15, -0.1) is 0 Å². The minimum absolute atomic E-state index is 0.110. The third-order valence-corrected chi connectivity index (χ3v) is 5.71. The van der Waals surface area contributed by atoms with Gasteiger partial charge in [0.15, 0.2) is 17.1 Å². The van der Waals surface area contributed by atoms with E-state index in [0.29, 0.717) is 50.1 Å². The molecule has 2 amide bonds. The van der Waals surface area contributed by atoms with Gasteiger partial charge in [0.05, 0.1) is 0 Å². The highest BCUT2D eigenvalue weighted by Gasteiger charge is 2.27. The monoisotopic (exact) mass is 423 g/mol. The number of methoxy groups -OCH3 is 1. The number of carbonyl (C=O) groups excluding carboxylic acids is 1. The normalized spacial score (nSPS) is 16.5. The molecule has 9 heteroatoms. The van der Waals surface area contributed by atoms with E-state index in [1.165, 1.54) is 0 Å². The molecule has 0 radical (unpaired) electrons. The van der Waals surface area contributed by atoms with Crippen molar-refractivity contribution in [3.05, 3.63) is 42.4 Å². The number of nitrogens with one attached hydrogen (secondary N) is 1. The third-order valence-electron chi connectivity index (χ3n) is 5.71. The number of aromatic nitrogens is 3. The molecule has 1 saturated heterocycles. The molecule has 162 valence electrons. The van der Waals surface area contributed by atoms with E-state index in [-0.39, 0.29) is 12.1 Å². The van der Waals surface area contributed by atoms with Crippen LogP contribution in [0.25, 0.3) is 11.2 Å². The molecule has 3 aromatic rings. The lowest BCUT2D eigenvalue weighted by Crippen LogP contribution is -2.41. The first-order valence-electron chi connectivity index (χ1n) is 10.5. The molecule has 1 N–H and O–H groups in total. The fraction of sp³-hybridized carbons (Fsp3) is 0.409. The summed E-state index contributed by atoms with van der Waals surface area (Å²) in [4.78, 5) is 23.9. The Hall–Kier alpha value is -3.33. The van der Waals surface area contributed by atoms with Crippen LogP contribution in [0.2, 0.25) is 0 Å². The number of carbonyl (C=O) groups is 1. The van der Waals surface area contributed by atoms with Crippen molar-refractivity contribution in [1.29, 1.82) is 0 Å². The van der Waals surface area contributed by atoms with Gasteiger partial charge in [-0.3, -0.25) is 0 Å². The molecule has 1 aromatic carbocycles. The Bertz CT molecular complexity index is 1090. The third kappa shape index (κ3) is 3.88. The van der Waals surface area contributed by atoms with E-state index < -0.39 is 0 Å². The fourth-order valence-electron chi connectivity index (χ4n) is 4.24. The summed E-state index contributed by atoms with van der Waals surface area (Å²) in [6, 6.07) is 9.43. The van der Waals surface area contributed by atoms with E-state index in [2.05, 4.69) is 19.9 Å². The topological polar surface area (TPSA) is 90.7 Å². The van der Waals surface area contributed by atoms with Gasteiger partial charge in [0, 0.05) is 44.2 Å². The molecule has 0 atom stereocenters. The highest BCUT2D eigenvalue weighted by molar-refractivity contribution is 5.89. The lowest BCUT2D eigenvalue weighted by Gasteiger charge is -2.33. The second kappa shape index (κ2) is 8.43. The van der Waals surface area contributed by atoms with Gasteiger partial charge in [0.1, 0.15) is 31.2 Å². The minimum Gasteiger partial charge on any atom is -0.486 e. The number of rotatable bonds is 4. The van der Waals surface area contributed by atoms with Crippen LogP contribution in [0.1, 0.15) is 24.7 Å². The highest BCUT2D eigenvalue weighted by Crippen LogP contribution is 2.33. The number of pyridine rings is 1. The van der Waals surface area contributed by atoms with Gasteiger partial charge >= 0.3 is 6.03 Å². The van der Waals surface area contributed by atoms with Crippen LogP contribution in [0.4, 0.5) is 10.5 Å². The molecule has 2 aliphatic rings. The fourth-order valence-corrected chi connectivity index (χ4v) is 4.24. The van der Waals surface area contributed by atoms with Crippen molar-refractivity contribution in [2.75, 3.05) is 38.7 Å². The second-order valence-electron chi connectivity index (χ2n) is 7.68. The van der Waals surface area contributed by atoms with Gasteiger partial charge in [-0.25, -0.2) is 14.8 Å². The standard InChI is InChI=1S/C22H25N5O4/c1-29-14-20-25-17-3-2-8-23-21(17)27(20)16-6-9-26(10-7-16)22(28)24-15-4-5-18-19(13-15)31-12-11-30-18/h2-5,8,13,16H,6-7,9-12,14H2,1H3,(H,24,28). The zero-order valence-corrected chi connectivity index (χ0v) is 17.4. The number of benzene rings is 1. The maximum Gasteiger partial charge on any atom is 0.321 e. The predicted molar refractivity (Wildman–Crippen MR) is 115 cm³/mol. The van der Waals surface area contributed by atoms with E-state index in [4.69, 9.17) is 14.2 Å². The molecule has 0 spiro atoms. The Balaban J connectivity index is 1.26. The van der Waals surface area contributed by atoms with Crippen LogP contribution in [0.3, 0.4) is 0 Å². The van der Waals surface area contributed by atoms with E-state index in [1.54, 1.807) is 19.4 Å². The summed E-state index contributed by atoms with van der Waals surface area (Å²) >= 11 is 0. The number of nitrogens with zero attached hydrogens (tertiary/aromatic N) is 4. The second-order valence-corrected chi connectivity index (χ2v) is 7.68. The summed E-state index contributed by atoms with van der Waals surface area (Å²) in [6.07, 6.45) is 3.44. The van der Waals surface area contributed by atoms with E-state index in [1.807, 2.05) is 29.2 Å². The zero-order valence-electron chi connectivity index (χ0n) is 17.4. The van der Waals surface area contributed by atoms with E-state index in [0.717, 1.165) is 29.8 Å². The van der Waals surface area contributed by atoms with Gasteiger partial charge < -0.3 is 29.0 Å². The number of hydrogen-bond donors (Lipinski definition) is 1. The zero-order chi connectivity index (χ0) is 21.2. The van der Waals surface area contributed by atoms with Crippen molar-refractivity contribution in [1.82, 2.24) is 19.4 Å². The molecule has 31 heavy (non-hydrogen) atoms. The van der Waals surface area contributed by atoms with Crippen LogP contribution in [-0.4, -0.2) is 58.9 Å². The van der Waals surface area contributed by atoms with Gasteiger partial charge in [-0.1, -0.05) is 0 Å². The molecular formula is C22H25N5O4. The summed E-state index contributed by atoms with van der Waals surface area (Å²) in [5, 5.41) is 2.97. The summed E-state index contributed by atoms with van der Waals surface area (Å²) < 4.78 is 18.7. The number of amides is 2. The summed E-state index contributed by atoms with van der Waals surface area (Å²) in [5.74, 6) is 2.24. The van der Waals surface area contributed by atoms with Gasteiger partial charge in [0.2, 0.25) is 0 Å². The number of urea groups is 1. The average molecular weight is 423 g/mol. The molecule has 4 heterocycles. The van der Waals surface area contributed by atoms with Crippen molar-refractivity contribution in [2.24, 2.45) is 0 Å². The smallest absolute Gasteiger partial charge is 0.321 e. The van der Waals surface area contributed by atoms with Crippen molar-refractivity contribution >= 4 is 22.9 Å². The SMILES string of the molecule is COCc1nc2cccnc2n1C1CCN(C(=O)Nc2ccc3c(c2)OCCO3)CC1. The maximum absolute atomic E-state index is 12.8. The largest absolute Gasteiger partial charge is 0.486 e. The number of piperidine rings is 1. The quantitative estimate of drug-likeness (QED) is 0.693. The molecule has 0 saturated carbocycles. The summed E-state index contributed by atoms with van der Waals surface area (Å²) in [7, 11) is 1.67. The number of ether oxygens (including phenoxy) is 3. The molecule has 5 rings (SSSR count). The molecule has 0 aliphatic carbocycles. The number of hydrogen-bond acceptors (Lipinski definition) is 6. The van der Waals surface area contributed by atoms with Crippen LogP contribution < -0.4 is 14.8 Å². The van der Waals surface area contributed by atoms with Crippen LogP contribution in [0.5, 0.6) is 11.5 Å². The van der Waals surface area contributed by atoms with Crippen molar-refractivity contribution in [3.63, 3.8) is 0 Å². The Morgan fingerprint density at radius 1 is 1.19 bits per heavy atom. The van der Waals surface area contributed by atoms with Crippen LogP contribution in [-0.2, 0) is 11.3 Å². The summed E-state index contributed by atoms with van der Waals surface area (Å²) in [5.41, 5.74) is 2.44. The molecule has 9 nitrogen and oxygen atoms in total. The first-order valence-corrected chi connectivity index (χ1v) is 10.5. The highest BCUT2D eigenvalue weighted by atomic mass is 16.6. The Kier molecular flexibility index (Phi) is 5.33. The number of anilines is 1. The van der Waals surface area contributed by atoms with Gasteiger partial charge in [0.25, 0.3) is 0 Å². The van der Waals surface area contributed by atoms with Crippen molar-refractivity contribution < 1.29 is 19.0 Å². The lowest BCUT2D eigenvalue weighted by molar-refractivity contribution is 0.162. The molecule has 0 bridgehead atoms. The number of imidazole rings is 1. The van der Waals surface area contributed by atoms with Crippen LogP contribution in [0.15, 0.2) is 36.5 Å². The predicted octanol–water partition coefficient (Wildman–Crippen LogP) is 3.22. The van der Waals surface area contributed by atoms with Crippen LogP contribution >= 0.6 is 0 Å². The first kappa shape index (κ1) is 19.6. The maximum atomic E-state index is 12.8. The Morgan fingerprint density at radius 3 is 2.81 bits per heavy atom. The van der Waals surface area contributed by atoms with Crippen molar-refractivity contribution in [2.45, 2.75) is 25.5 Å². The van der Waals surface area contributed by atoms with E-state index in [9.17, 15) is 4.79 Å². The Morgan fingerprint density at radius 2 is 2.00 bits per heavy atom. The molecular weight excluding hydrogens is 398 g/mol. The average Bonchev–Trinajstić information content (AvgIpc) is 3.17. The van der Waals surface area contributed by atoms with Crippen molar-refractivity contribution in [3.8, 4) is 11.5 Å². The number of likely N-dealkylation sites (tertiary alicyclic amines) is 1. The molecule has 2 aliphatic heterocycles. The van der Waals surface area contributed by atoms with Gasteiger partial charge in [-0.2, -0.15) is 0 Å². The summed E-state index contributed by atoms with van der Waals surface area (Å²) in [6.45, 7) is 2.80. The minimum atomic E-state index is -0.110. The number of fused-ring (bicyclic) bond motifs is 2. The van der Waals surface area contributed by atoms with Gasteiger partial charge in [-0.05, 0) is 37.1 Å². The molecule has 0 unspecified atom stereocenters. The lowest BCUT2D eigenvalue weighted by atomic mass is 10.0.